The van der Waals surface area contributed by atoms with Crippen LogP contribution in [-0.2, 0) is 19.1 Å². The quantitative estimate of drug-likeness (QED) is 0.550. The molecule has 1 aromatic carbocycles. The second-order valence-electron chi connectivity index (χ2n) is 6.96. The van der Waals surface area contributed by atoms with Gasteiger partial charge in [-0.2, -0.15) is 0 Å². The highest BCUT2D eigenvalue weighted by Crippen LogP contribution is 2.52. The third kappa shape index (κ3) is 3.30. The second kappa shape index (κ2) is 7.54. The Bertz CT molecular complexity index is 881. The summed E-state index contributed by atoms with van der Waals surface area (Å²) >= 11 is 0. The second-order valence-corrected chi connectivity index (χ2v) is 6.96. The van der Waals surface area contributed by atoms with Crippen LogP contribution >= 0.6 is 0 Å². The van der Waals surface area contributed by atoms with Crippen molar-refractivity contribution in [2.45, 2.75) is 32.0 Å². The number of esters is 1. The molecule has 6 nitrogen and oxygen atoms in total. The van der Waals surface area contributed by atoms with Gasteiger partial charge in [0.1, 0.15) is 5.76 Å². The molecular weight excluding hydrogens is 360 g/mol. The van der Waals surface area contributed by atoms with Crippen LogP contribution in [0.3, 0.4) is 0 Å². The smallest absolute Gasteiger partial charge is 0.303 e. The van der Waals surface area contributed by atoms with E-state index in [1.807, 2.05) is 19.1 Å². The molecule has 3 rings (SSSR count). The first-order chi connectivity index (χ1) is 13.3. The summed E-state index contributed by atoms with van der Waals surface area (Å²) in [6, 6.07) is 5.40. The van der Waals surface area contributed by atoms with Crippen LogP contribution in [0.2, 0.25) is 0 Å². The normalized spacial score (nSPS) is 25.8. The highest BCUT2D eigenvalue weighted by Gasteiger charge is 2.55. The number of hydrogen-bond acceptors (Lipinski definition) is 6. The lowest BCUT2D eigenvalue weighted by Crippen LogP contribution is -2.40. The summed E-state index contributed by atoms with van der Waals surface area (Å²) in [4.78, 5) is 24.3. The minimum Gasteiger partial charge on any atom is -0.493 e. The molecule has 0 spiro atoms. The predicted molar refractivity (Wildman–Crippen MR) is 103 cm³/mol. The predicted octanol–water partition coefficient (Wildman–Crippen LogP) is 3.68. The van der Waals surface area contributed by atoms with Gasteiger partial charge in [-0.05, 0) is 25.5 Å². The minimum atomic E-state index is -1.02. The molecule has 0 amide bonds. The molecule has 0 radical (unpaired) electrons. The van der Waals surface area contributed by atoms with E-state index in [1.54, 1.807) is 32.4 Å². The van der Waals surface area contributed by atoms with Gasteiger partial charge in [-0.15, -0.1) is 6.58 Å². The van der Waals surface area contributed by atoms with Crippen LogP contribution in [0, 0.1) is 5.92 Å². The molecule has 3 atom stereocenters. The fraction of sp³-hybridized carbons (Fsp3) is 0.364. The van der Waals surface area contributed by atoms with E-state index in [9.17, 15) is 9.59 Å². The van der Waals surface area contributed by atoms with Gasteiger partial charge in [0.05, 0.1) is 20.1 Å². The summed E-state index contributed by atoms with van der Waals surface area (Å²) in [5.41, 5.74) is 0.339. The number of fused-ring (bicyclic) bond motifs is 1. The first-order valence-electron chi connectivity index (χ1n) is 8.99. The molecule has 148 valence electrons. The van der Waals surface area contributed by atoms with E-state index in [1.165, 1.54) is 13.0 Å². The minimum absolute atomic E-state index is 0.121. The Morgan fingerprint density at radius 3 is 2.61 bits per heavy atom. The number of carbonyl (C=O) groups excluding carboxylic acids is 2. The molecule has 1 aliphatic carbocycles. The van der Waals surface area contributed by atoms with Crippen molar-refractivity contribution in [2.24, 2.45) is 5.92 Å². The number of methoxy groups -OCH3 is 2. The van der Waals surface area contributed by atoms with Gasteiger partial charge in [0, 0.05) is 24.1 Å². The molecule has 28 heavy (non-hydrogen) atoms. The highest BCUT2D eigenvalue weighted by molar-refractivity contribution is 6.05. The van der Waals surface area contributed by atoms with Gasteiger partial charge >= 0.3 is 5.97 Å². The number of allylic oxidation sites excluding steroid dienone is 3. The Morgan fingerprint density at radius 1 is 1.29 bits per heavy atom. The summed E-state index contributed by atoms with van der Waals surface area (Å²) in [5.74, 6) is 0.691. The zero-order chi connectivity index (χ0) is 20.5. The van der Waals surface area contributed by atoms with E-state index < -0.39 is 17.7 Å². The Hall–Kier alpha value is -3.02. The van der Waals surface area contributed by atoms with Gasteiger partial charge in [-0.25, -0.2) is 0 Å². The topological polar surface area (TPSA) is 71.1 Å². The van der Waals surface area contributed by atoms with Crippen LogP contribution in [0.4, 0.5) is 0 Å². The molecule has 0 bridgehead atoms. The Labute approximate surface area is 164 Å². The van der Waals surface area contributed by atoms with Crippen LogP contribution in [0.25, 0.3) is 0 Å². The zero-order valence-corrected chi connectivity index (χ0v) is 16.5. The highest BCUT2D eigenvalue weighted by atomic mass is 16.6. The van der Waals surface area contributed by atoms with Crippen molar-refractivity contribution in [1.29, 1.82) is 0 Å². The molecule has 0 saturated carbocycles. The molecule has 1 saturated heterocycles. The molecule has 1 heterocycles. The van der Waals surface area contributed by atoms with Crippen LogP contribution < -0.4 is 9.47 Å². The van der Waals surface area contributed by atoms with Crippen LogP contribution in [-0.4, -0.2) is 31.6 Å². The van der Waals surface area contributed by atoms with E-state index in [2.05, 4.69) is 6.58 Å². The molecule has 1 aromatic rings. The van der Waals surface area contributed by atoms with Crippen LogP contribution in [0.1, 0.15) is 31.9 Å². The molecule has 2 unspecified atom stereocenters. The molecule has 6 heteroatoms. The summed E-state index contributed by atoms with van der Waals surface area (Å²) in [5, 5.41) is 0. The number of carbonyl (C=O) groups is 2. The molecule has 0 N–H and O–H groups in total. The zero-order valence-electron chi connectivity index (χ0n) is 16.5. The molecule has 1 fully saturated rings. The number of hydrogen-bond donors (Lipinski definition) is 0. The van der Waals surface area contributed by atoms with Gasteiger partial charge in [0.15, 0.2) is 29.0 Å². The molecular formula is C22H24O6. The summed E-state index contributed by atoms with van der Waals surface area (Å²) in [6.07, 6.45) is 4.80. The maximum Gasteiger partial charge on any atom is 0.303 e. The van der Waals surface area contributed by atoms with E-state index in [-0.39, 0.29) is 11.7 Å². The van der Waals surface area contributed by atoms with E-state index >= 15 is 0 Å². The number of ketones is 1. The molecule has 1 aliphatic heterocycles. The number of ether oxygens (including phenoxy) is 4. The van der Waals surface area contributed by atoms with Gasteiger partial charge in [0.25, 0.3) is 0 Å². The van der Waals surface area contributed by atoms with Crippen molar-refractivity contribution in [2.75, 3.05) is 14.2 Å². The van der Waals surface area contributed by atoms with Crippen LogP contribution in [0.5, 0.6) is 11.5 Å². The van der Waals surface area contributed by atoms with Crippen molar-refractivity contribution in [3.05, 3.63) is 59.9 Å². The third-order valence-electron chi connectivity index (χ3n) is 5.09. The lowest BCUT2D eigenvalue weighted by molar-refractivity contribution is -0.163. The van der Waals surface area contributed by atoms with Crippen molar-refractivity contribution in [1.82, 2.24) is 0 Å². The van der Waals surface area contributed by atoms with Gasteiger partial charge < -0.3 is 18.9 Å². The van der Waals surface area contributed by atoms with Crippen molar-refractivity contribution < 1.29 is 28.5 Å². The number of benzene rings is 1. The Balaban J connectivity index is 2.09. The lowest BCUT2D eigenvalue weighted by Gasteiger charge is -2.33. The molecule has 0 aromatic heterocycles. The fourth-order valence-corrected chi connectivity index (χ4v) is 3.81. The first-order valence-corrected chi connectivity index (χ1v) is 8.99. The summed E-state index contributed by atoms with van der Waals surface area (Å²) in [7, 11) is 3.11. The van der Waals surface area contributed by atoms with Gasteiger partial charge in [-0.3, -0.25) is 9.59 Å². The maximum absolute atomic E-state index is 12.4. The van der Waals surface area contributed by atoms with E-state index in [4.69, 9.17) is 18.9 Å². The van der Waals surface area contributed by atoms with Gasteiger partial charge in [0.2, 0.25) is 0 Å². The SMILES string of the molecule is C=CCC1=CC2C(=CC1=O)OC(c1ccc(OC)c(OC)c1)[C@@]2(C)OC(C)=O. The Morgan fingerprint density at radius 2 is 2.00 bits per heavy atom. The lowest BCUT2D eigenvalue weighted by atomic mass is 9.79. The largest absolute Gasteiger partial charge is 0.493 e. The van der Waals surface area contributed by atoms with Crippen molar-refractivity contribution >= 4 is 11.8 Å². The standard InChI is InChI=1S/C22H24O6/c1-6-7-14-10-16-19(12-17(14)24)27-21(22(16,3)28-13(2)23)15-8-9-18(25-4)20(11-15)26-5/h6,8-12,16,21H,1,7H2,2-5H3/t16?,21?,22-/m0/s1. The van der Waals surface area contributed by atoms with Crippen LogP contribution in [0.15, 0.2) is 54.3 Å². The first kappa shape index (κ1) is 19.7. The monoisotopic (exact) mass is 384 g/mol. The summed E-state index contributed by atoms with van der Waals surface area (Å²) in [6.45, 7) is 6.88. The summed E-state index contributed by atoms with van der Waals surface area (Å²) < 4.78 is 22.6. The van der Waals surface area contributed by atoms with E-state index in [0.29, 0.717) is 29.3 Å². The van der Waals surface area contributed by atoms with E-state index in [0.717, 1.165) is 5.56 Å². The molecule has 2 aliphatic rings. The average Bonchev–Trinajstić information content (AvgIpc) is 2.92. The average molecular weight is 384 g/mol. The number of rotatable bonds is 6. The Kier molecular flexibility index (Phi) is 5.31. The van der Waals surface area contributed by atoms with Crippen molar-refractivity contribution in [3.8, 4) is 11.5 Å². The maximum atomic E-state index is 12.4. The van der Waals surface area contributed by atoms with Gasteiger partial charge in [-0.1, -0.05) is 18.2 Å². The fourth-order valence-electron chi connectivity index (χ4n) is 3.81. The van der Waals surface area contributed by atoms with Crippen molar-refractivity contribution in [3.63, 3.8) is 0 Å². The third-order valence-corrected chi connectivity index (χ3v) is 5.09.